The first-order valence-electron chi connectivity index (χ1n) is 13.4. The Hall–Kier alpha value is -7.51. The SMILES string of the molecule is N#CC(C#N)=C1C(c2ccc(C(F)(F)F)cc2)=C(C#N)c2c(F)c3c(c(F)c21)C(C#N)=C(c1ccc(C#N)c(C(F)(F)F)c1)C3=C(C#N)C#N. The Morgan fingerprint density at radius 3 is 1.28 bits per heavy atom. The number of nitrogens with zero attached hydrogens (tertiary/aromatic N) is 7. The van der Waals surface area contributed by atoms with Crippen LogP contribution in [0.1, 0.15) is 50.1 Å². The van der Waals surface area contributed by atoms with Gasteiger partial charge in [0.2, 0.25) is 0 Å². The van der Waals surface area contributed by atoms with E-state index in [0.29, 0.717) is 24.3 Å². The molecule has 0 heterocycles. The van der Waals surface area contributed by atoms with E-state index in [9.17, 15) is 63.2 Å². The molecule has 0 radical (unpaired) electrons. The number of nitriles is 7. The number of hydrogen-bond donors (Lipinski definition) is 0. The molecule has 0 spiro atoms. The average molecular weight is 677 g/mol. The van der Waals surface area contributed by atoms with Gasteiger partial charge in [-0.3, -0.25) is 0 Å². The Bertz CT molecular complexity index is 2500. The van der Waals surface area contributed by atoms with Crippen molar-refractivity contribution in [2.24, 2.45) is 0 Å². The summed E-state index contributed by atoms with van der Waals surface area (Å²) in [5, 5.41) is 68.9. The van der Waals surface area contributed by atoms with Crippen LogP contribution in [0.25, 0.3) is 33.4 Å². The number of allylic oxidation sites excluding steroid dienone is 8. The van der Waals surface area contributed by atoms with Gasteiger partial charge in [-0.15, -0.1) is 0 Å². The quantitative estimate of drug-likeness (QED) is 0.194. The molecule has 0 aromatic heterocycles. The van der Waals surface area contributed by atoms with E-state index < -0.39 is 113 Å². The third kappa shape index (κ3) is 4.90. The van der Waals surface area contributed by atoms with E-state index in [0.717, 1.165) is 18.2 Å². The summed E-state index contributed by atoms with van der Waals surface area (Å²) in [7, 11) is 0. The van der Waals surface area contributed by atoms with Gasteiger partial charge in [0.15, 0.2) is 0 Å². The van der Waals surface area contributed by atoms with Crippen molar-refractivity contribution in [2.75, 3.05) is 0 Å². The van der Waals surface area contributed by atoms with E-state index in [1.165, 1.54) is 30.3 Å². The highest BCUT2D eigenvalue weighted by Crippen LogP contribution is 2.57. The molecule has 3 aromatic carbocycles. The van der Waals surface area contributed by atoms with Gasteiger partial charge in [-0.1, -0.05) is 18.2 Å². The van der Waals surface area contributed by atoms with Gasteiger partial charge >= 0.3 is 12.4 Å². The molecule has 2 aliphatic carbocycles. The monoisotopic (exact) mass is 677 g/mol. The largest absolute Gasteiger partial charge is 0.417 e. The summed E-state index contributed by atoms with van der Waals surface area (Å²) in [6.45, 7) is 0. The van der Waals surface area contributed by atoms with E-state index in [1.54, 1.807) is 12.1 Å². The lowest BCUT2D eigenvalue weighted by Crippen LogP contribution is -2.08. The summed E-state index contributed by atoms with van der Waals surface area (Å²) in [6, 6.07) is 15.1. The van der Waals surface area contributed by atoms with Crippen molar-refractivity contribution in [3.8, 4) is 42.5 Å². The zero-order chi connectivity index (χ0) is 36.9. The maximum absolute atomic E-state index is 17.0. The van der Waals surface area contributed by atoms with Gasteiger partial charge in [0.25, 0.3) is 0 Å². The van der Waals surface area contributed by atoms with Gasteiger partial charge in [0.05, 0.1) is 33.9 Å². The highest BCUT2D eigenvalue weighted by Gasteiger charge is 2.45. The van der Waals surface area contributed by atoms with E-state index in [1.807, 2.05) is 0 Å². The van der Waals surface area contributed by atoms with Crippen LogP contribution < -0.4 is 0 Å². The normalized spacial score (nSPS) is 13.2. The van der Waals surface area contributed by atoms with Crippen LogP contribution in [0.4, 0.5) is 35.1 Å². The van der Waals surface area contributed by atoms with Gasteiger partial charge in [-0.2, -0.15) is 63.2 Å². The van der Waals surface area contributed by atoms with Crippen LogP contribution >= 0.6 is 0 Å². The molecule has 0 unspecified atom stereocenters. The fourth-order valence-corrected chi connectivity index (χ4v) is 5.81. The molecule has 50 heavy (non-hydrogen) atoms. The zero-order valence-electron chi connectivity index (χ0n) is 24.2. The predicted molar refractivity (Wildman–Crippen MR) is 155 cm³/mol. The Balaban J connectivity index is 1.98. The first-order valence-corrected chi connectivity index (χ1v) is 13.4. The molecule has 0 atom stereocenters. The van der Waals surface area contributed by atoms with Crippen molar-refractivity contribution in [1.29, 1.82) is 36.8 Å². The minimum absolute atomic E-state index is 0.290. The molecule has 15 heteroatoms. The number of halogens is 8. The topological polar surface area (TPSA) is 167 Å². The average Bonchev–Trinajstić information content (AvgIpc) is 3.62. The van der Waals surface area contributed by atoms with Crippen LogP contribution in [0.3, 0.4) is 0 Å². The first kappa shape index (κ1) is 33.8. The van der Waals surface area contributed by atoms with Crippen LogP contribution in [-0.2, 0) is 12.4 Å². The summed E-state index contributed by atoms with van der Waals surface area (Å²) in [5.74, 6) is -3.21. The minimum Gasteiger partial charge on any atom is -0.206 e. The summed E-state index contributed by atoms with van der Waals surface area (Å²) in [6.07, 6.45) is -9.97. The van der Waals surface area contributed by atoms with E-state index in [4.69, 9.17) is 0 Å². The van der Waals surface area contributed by atoms with E-state index in [-0.39, 0.29) is 5.56 Å². The lowest BCUT2D eigenvalue weighted by molar-refractivity contribution is -0.138. The van der Waals surface area contributed by atoms with Crippen molar-refractivity contribution in [1.82, 2.24) is 0 Å². The Kier molecular flexibility index (Phi) is 8.08. The molecule has 0 saturated heterocycles. The molecule has 3 aromatic rings. The van der Waals surface area contributed by atoms with Crippen molar-refractivity contribution < 1.29 is 35.1 Å². The standard InChI is InChI=1S/C35H7F8N7/c36-32-28-21(13-49)24(15-3-5-20(6-4-15)34(38,39)40)26(18(9-45)10-46)30(28)33(37)29-22(14-50)25(27(31(29)32)19(11-47)12-48)16-1-2-17(8-44)23(7-16)35(41,42)43/h1-7H. The molecular formula is C35H7F8N7. The van der Waals surface area contributed by atoms with E-state index >= 15 is 8.78 Å². The minimum atomic E-state index is -5.15. The predicted octanol–water partition coefficient (Wildman–Crippen LogP) is 8.37. The molecule has 0 aliphatic heterocycles. The second kappa shape index (κ2) is 11.9. The van der Waals surface area contributed by atoms with Crippen LogP contribution in [0.2, 0.25) is 0 Å². The maximum Gasteiger partial charge on any atom is 0.417 e. The van der Waals surface area contributed by atoms with Crippen molar-refractivity contribution >= 4 is 33.4 Å². The Labute approximate surface area is 275 Å². The third-order valence-electron chi connectivity index (χ3n) is 7.78. The maximum atomic E-state index is 17.0. The number of fused-ring (bicyclic) bond motifs is 2. The fraction of sp³-hybridized carbons (Fsp3) is 0.0571. The van der Waals surface area contributed by atoms with Crippen molar-refractivity contribution in [3.63, 3.8) is 0 Å². The molecule has 2 aliphatic rings. The van der Waals surface area contributed by atoms with Crippen LogP contribution in [0, 0.1) is 91.0 Å². The molecule has 5 rings (SSSR count). The number of alkyl halides is 6. The van der Waals surface area contributed by atoms with Gasteiger partial charge in [0.1, 0.15) is 59.2 Å². The smallest absolute Gasteiger partial charge is 0.206 e. The summed E-state index contributed by atoms with van der Waals surface area (Å²) < 4.78 is 116. The van der Waals surface area contributed by atoms with Gasteiger partial charge in [0, 0.05) is 44.5 Å². The van der Waals surface area contributed by atoms with Gasteiger partial charge in [-0.25, -0.2) is 8.78 Å². The molecule has 0 amide bonds. The Morgan fingerprint density at radius 1 is 0.500 bits per heavy atom. The zero-order valence-corrected chi connectivity index (χ0v) is 24.2. The second-order valence-electron chi connectivity index (χ2n) is 10.2. The van der Waals surface area contributed by atoms with Crippen LogP contribution in [0.15, 0.2) is 53.6 Å². The van der Waals surface area contributed by atoms with E-state index in [2.05, 4.69) is 0 Å². The molecule has 0 N–H and O–H groups in total. The molecular weight excluding hydrogens is 670 g/mol. The third-order valence-corrected chi connectivity index (χ3v) is 7.78. The van der Waals surface area contributed by atoms with Crippen LogP contribution in [-0.4, -0.2) is 0 Å². The fourth-order valence-electron chi connectivity index (χ4n) is 5.81. The summed E-state index contributed by atoms with van der Waals surface area (Å²) in [5.41, 5.74) is -14.8. The van der Waals surface area contributed by atoms with Crippen LogP contribution in [0.5, 0.6) is 0 Å². The van der Waals surface area contributed by atoms with Gasteiger partial charge < -0.3 is 0 Å². The number of hydrogen-bond acceptors (Lipinski definition) is 7. The lowest BCUT2D eigenvalue weighted by atomic mass is 9.88. The number of benzene rings is 3. The molecule has 238 valence electrons. The van der Waals surface area contributed by atoms with Gasteiger partial charge in [-0.05, 0) is 35.4 Å². The molecule has 0 fully saturated rings. The molecule has 0 bridgehead atoms. The lowest BCUT2D eigenvalue weighted by Gasteiger charge is -2.15. The van der Waals surface area contributed by atoms with Crippen molar-refractivity contribution in [2.45, 2.75) is 12.4 Å². The number of rotatable bonds is 2. The second-order valence-corrected chi connectivity index (χ2v) is 10.2. The summed E-state index contributed by atoms with van der Waals surface area (Å²) >= 11 is 0. The van der Waals surface area contributed by atoms with Crippen molar-refractivity contribution in [3.05, 3.63) is 115 Å². The highest BCUT2D eigenvalue weighted by molar-refractivity contribution is 6.30. The molecule has 7 nitrogen and oxygen atoms in total. The first-order chi connectivity index (χ1) is 23.6. The Morgan fingerprint density at radius 2 is 0.920 bits per heavy atom. The highest BCUT2D eigenvalue weighted by atomic mass is 19.4. The molecule has 0 saturated carbocycles. The summed E-state index contributed by atoms with van der Waals surface area (Å²) in [4.78, 5) is 0.